The predicted molar refractivity (Wildman–Crippen MR) is 118 cm³/mol. The SMILES string of the molecule is COC(=O)c1ccc(C2/C(=C(/O)c3ccc(C)cc3)C(=O)C(=O)N2c2cccnc2)cc1. The first-order valence-corrected chi connectivity index (χ1v) is 9.88. The lowest BCUT2D eigenvalue weighted by Gasteiger charge is -2.25. The van der Waals surface area contributed by atoms with Crippen LogP contribution >= 0.6 is 0 Å². The van der Waals surface area contributed by atoms with Gasteiger partial charge in [0.15, 0.2) is 0 Å². The number of pyridine rings is 1. The summed E-state index contributed by atoms with van der Waals surface area (Å²) in [6.45, 7) is 1.91. The summed E-state index contributed by atoms with van der Waals surface area (Å²) in [5.41, 5.74) is 2.68. The maximum absolute atomic E-state index is 13.1. The van der Waals surface area contributed by atoms with Gasteiger partial charge in [-0.15, -0.1) is 0 Å². The molecule has 1 aliphatic rings. The maximum atomic E-state index is 13.1. The molecule has 1 saturated heterocycles. The van der Waals surface area contributed by atoms with Gasteiger partial charge in [0.2, 0.25) is 0 Å². The lowest BCUT2D eigenvalue weighted by molar-refractivity contribution is -0.132. The van der Waals surface area contributed by atoms with Gasteiger partial charge in [-0.3, -0.25) is 19.5 Å². The van der Waals surface area contributed by atoms with Gasteiger partial charge in [0, 0.05) is 11.8 Å². The number of ketones is 1. The van der Waals surface area contributed by atoms with Crippen molar-refractivity contribution in [3.63, 3.8) is 0 Å². The van der Waals surface area contributed by atoms with E-state index in [1.54, 1.807) is 54.7 Å². The number of aromatic nitrogens is 1. The summed E-state index contributed by atoms with van der Waals surface area (Å²) in [7, 11) is 1.29. The molecule has 4 rings (SSSR count). The van der Waals surface area contributed by atoms with Crippen LogP contribution in [0.25, 0.3) is 5.76 Å². The lowest BCUT2D eigenvalue weighted by atomic mass is 9.94. The average molecular weight is 428 g/mol. The van der Waals surface area contributed by atoms with Crippen molar-refractivity contribution in [3.05, 3.63) is 101 Å². The zero-order chi connectivity index (χ0) is 22.8. The number of nitrogens with zero attached hydrogens (tertiary/aromatic N) is 2. The number of aliphatic hydroxyl groups excluding tert-OH is 1. The quantitative estimate of drug-likeness (QED) is 0.294. The van der Waals surface area contributed by atoms with Gasteiger partial charge < -0.3 is 9.84 Å². The second-order valence-corrected chi connectivity index (χ2v) is 7.36. The zero-order valence-corrected chi connectivity index (χ0v) is 17.5. The van der Waals surface area contributed by atoms with Crippen LogP contribution < -0.4 is 4.90 Å². The second kappa shape index (κ2) is 8.47. The highest BCUT2D eigenvalue weighted by atomic mass is 16.5. The fourth-order valence-corrected chi connectivity index (χ4v) is 3.70. The molecule has 160 valence electrons. The van der Waals surface area contributed by atoms with Crippen LogP contribution in [0.2, 0.25) is 0 Å². The molecule has 0 radical (unpaired) electrons. The monoisotopic (exact) mass is 428 g/mol. The Hall–Kier alpha value is -4.26. The number of carbonyl (C=O) groups excluding carboxylic acids is 3. The van der Waals surface area contributed by atoms with Crippen LogP contribution in [0.5, 0.6) is 0 Å². The Bertz CT molecular complexity index is 1220. The number of Topliss-reactive ketones (excluding diaryl/α,β-unsaturated/α-hetero) is 1. The van der Waals surface area contributed by atoms with Crippen LogP contribution in [0.1, 0.15) is 33.1 Å². The Morgan fingerprint density at radius 3 is 2.25 bits per heavy atom. The highest BCUT2D eigenvalue weighted by molar-refractivity contribution is 6.51. The van der Waals surface area contributed by atoms with E-state index in [0.29, 0.717) is 22.4 Å². The molecule has 1 atom stereocenters. The molecule has 2 heterocycles. The molecule has 1 aliphatic heterocycles. The summed E-state index contributed by atoms with van der Waals surface area (Å²) in [6.07, 6.45) is 3.04. The summed E-state index contributed by atoms with van der Waals surface area (Å²) in [5, 5.41) is 11.1. The molecule has 2 aromatic carbocycles. The second-order valence-electron chi connectivity index (χ2n) is 7.36. The number of methoxy groups -OCH3 is 1. The van der Waals surface area contributed by atoms with E-state index >= 15 is 0 Å². The van der Waals surface area contributed by atoms with Crippen LogP contribution in [-0.2, 0) is 14.3 Å². The van der Waals surface area contributed by atoms with Gasteiger partial charge in [-0.05, 0) is 36.8 Å². The normalized spacial score (nSPS) is 17.4. The van der Waals surface area contributed by atoms with E-state index in [-0.39, 0.29) is 11.3 Å². The van der Waals surface area contributed by atoms with Gasteiger partial charge in [-0.25, -0.2) is 4.79 Å². The minimum atomic E-state index is -0.896. The molecule has 32 heavy (non-hydrogen) atoms. The minimum Gasteiger partial charge on any atom is -0.507 e. The molecule has 1 amide bonds. The smallest absolute Gasteiger partial charge is 0.337 e. The molecule has 7 nitrogen and oxygen atoms in total. The van der Waals surface area contributed by atoms with Crippen molar-refractivity contribution in [3.8, 4) is 0 Å². The number of aryl methyl sites for hydroxylation is 1. The predicted octanol–water partition coefficient (Wildman–Crippen LogP) is 3.80. The summed E-state index contributed by atoms with van der Waals surface area (Å²) in [4.78, 5) is 43.3. The van der Waals surface area contributed by atoms with Crippen molar-refractivity contribution in [2.24, 2.45) is 0 Å². The number of aliphatic hydroxyl groups is 1. The van der Waals surface area contributed by atoms with E-state index in [2.05, 4.69) is 4.98 Å². The number of hydrogen-bond donors (Lipinski definition) is 1. The maximum Gasteiger partial charge on any atom is 0.337 e. The third-order valence-electron chi connectivity index (χ3n) is 5.34. The van der Waals surface area contributed by atoms with Crippen LogP contribution in [-0.4, -0.2) is 34.9 Å². The number of esters is 1. The van der Waals surface area contributed by atoms with Crippen molar-refractivity contribution in [2.75, 3.05) is 12.0 Å². The molecule has 1 unspecified atom stereocenters. The third kappa shape index (κ3) is 3.65. The average Bonchev–Trinajstić information content (AvgIpc) is 3.09. The molecule has 3 aromatic rings. The van der Waals surface area contributed by atoms with Crippen molar-refractivity contribution in [2.45, 2.75) is 13.0 Å². The van der Waals surface area contributed by atoms with Crippen LogP contribution in [0.4, 0.5) is 5.69 Å². The van der Waals surface area contributed by atoms with E-state index < -0.39 is 23.7 Å². The summed E-state index contributed by atoms with van der Waals surface area (Å²) >= 11 is 0. The Kier molecular flexibility index (Phi) is 5.55. The van der Waals surface area contributed by atoms with E-state index in [4.69, 9.17) is 4.74 Å². The van der Waals surface area contributed by atoms with Crippen LogP contribution in [0.3, 0.4) is 0 Å². The van der Waals surface area contributed by atoms with Crippen molar-refractivity contribution < 1.29 is 24.2 Å². The molecule has 0 spiro atoms. The van der Waals surface area contributed by atoms with Crippen LogP contribution in [0.15, 0.2) is 78.6 Å². The summed E-state index contributed by atoms with van der Waals surface area (Å²) in [5.74, 6) is -2.34. The zero-order valence-electron chi connectivity index (χ0n) is 17.5. The summed E-state index contributed by atoms with van der Waals surface area (Å²) < 4.78 is 4.74. The fraction of sp³-hybridized carbons (Fsp3) is 0.120. The number of carbonyl (C=O) groups is 3. The van der Waals surface area contributed by atoms with Gasteiger partial charge in [-0.2, -0.15) is 0 Å². The first-order valence-electron chi connectivity index (χ1n) is 9.88. The Balaban J connectivity index is 1.90. The molecule has 0 aliphatic carbocycles. The molecule has 1 aromatic heterocycles. The molecule has 0 bridgehead atoms. The molecule has 0 saturated carbocycles. The summed E-state index contributed by atoms with van der Waals surface area (Å²) in [6, 6.07) is 15.8. The van der Waals surface area contributed by atoms with Crippen molar-refractivity contribution >= 4 is 29.1 Å². The molecule has 1 fully saturated rings. The van der Waals surface area contributed by atoms with E-state index in [0.717, 1.165) is 5.56 Å². The van der Waals surface area contributed by atoms with Gasteiger partial charge >= 0.3 is 5.97 Å². The van der Waals surface area contributed by atoms with Crippen molar-refractivity contribution in [1.29, 1.82) is 0 Å². The third-order valence-corrected chi connectivity index (χ3v) is 5.34. The van der Waals surface area contributed by atoms with Crippen LogP contribution in [0, 0.1) is 6.92 Å². The number of rotatable bonds is 4. The van der Waals surface area contributed by atoms with E-state index in [1.165, 1.54) is 18.2 Å². The number of ether oxygens (including phenoxy) is 1. The standard InChI is InChI=1S/C25H20N2O5/c1-15-5-7-17(8-6-15)22(28)20-21(16-9-11-18(12-10-16)25(31)32-2)27(24(30)23(20)29)19-4-3-13-26-14-19/h3-14,21,28H,1-2H3/b22-20-. The Labute approximate surface area is 184 Å². The number of benzene rings is 2. The van der Waals surface area contributed by atoms with Crippen molar-refractivity contribution in [1.82, 2.24) is 4.98 Å². The Morgan fingerprint density at radius 2 is 1.66 bits per heavy atom. The molecule has 1 N–H and O–H groups in total. The number of amides is 1. The largest absolute Gasteiger partial charge is 0.507 e. The van der Waals surface area contributed by atoms with Gasteiger partial charge in [0.05, 0.1) is 36.2 Å². The number of anilines is 1. The topological polar surface area (TPSA) is 96.8 Å². The molecular formula is C25H20N2O5. The lowest BCUT2D eigenvalue weighted by Crippen LogP contribution is -2.29. The fourth-order valence-electron chi connectivity index (χ4n) is 3.70. The Morgan fingerprint density at radius 1 is 1.00 bits per heavy atom. The highest BCUT2D eigenvalue weighted by Crippen LogP contribution is 2.41. The molecular weight excluding hydrogens is 408 g/mol. The van der Waals surface area contributed by atoms with E-state index in [1.807, 2.05) is 19.1 Å². The first kappa shape index (κ1) is 21.0. The van der Waals surface area contributed by atoms with Gasteiger partial charge in [0.1, 0.15) is 5.76 Å². The van der Waals surface area contributed by atoms with E-state index in [9.17, 15) is 19.5 Å². The highest BCUT2D eigenvalue weighted by Gasteiger charge is 2.47. The van der Waals surface area contributed by atoms with Gasteiger partial charge in [-0.1, -0.05) is 42.0 Å². The molecule has 7 heteroatoms. The van der Waals surface area contributed by atoms with Gasteiger partial charge in [0.25, 0.3) is 11.7 Å². The minimum absolute atomic E-state index is 0.0338. The number of hydrogen-bond acceptors (Lipinski definition) is 6. The first-order chi connectivity index (χ1) is 15.4.